The number of carbonyl (C=O) groups excluding carboxylic acids is 1. The minimum Gasteiger partial charge on any atom is -0.489 e. The van der Waals surface area contributed by atoms with Gasteiger partial charge in [0.05, 0.1) is 35.9 Å². The Hall–Kier alpha value is -2.43. The Kier molecular flexibility index (Phi) is 7.83. The molecule has 0 spiro atoms. The molecule has 2 atom stereocenters. The number of non-ortho nitro benzene ring substituents is 1. The van der Waals surface area contributed by atoms with Crippen LogP contribution in [-0.4, -0.2) is 80.1 Å². The van der Waals surface area contributed by atoms with Gasteiger partial charge in [0.25, 0.3) is 11.6 Å². The molecule has 1 saturated heterocycles. The Bertz CT molecular complexity index is 758. The Morgan fingerprint density at radius 3 is 2.90 bits per heavy atom. The third-order valence-corrected chi connectivity index (χ3v) is 5.37. The zero-order chi connectivity index (χ0) is 21.5. The number of nitro groups is 1. The fourth-order valence-electron chi connectivity index (χ4n) is 3.76. The number of hydrogen-bond acceptors (Lipinski definition) is 8. The van der Waals surface area contributed by atoms with Crippen LogP contribution in [0.4, 0.5) is 5.69 Å². The van der Waals surface area contributed by atoms with Crippen molar-refractivity contribution in [3.05, 3.63) is 27.8 Å². The maximum Gasteiger partial charge on any atom is 0.274 e. The van der Waals surface area contributed by atoms with Crippen LogP contribution in [-0.2, 0) is 4.74 Å². The molecule has 166 valence electrons. The highest BCUT2D eigenvalue weighted by Crippen LogP contribution is 2.37. The normalized spacial score (nSPS) is 21.3. The van der Waals surface area contributed by atoms with Crippen molar-refractivity contribution >= 4 is 11.6 Å². The maximum atomic E-state index is 12.8. The van der Waals surface area contributed by atoms with E-state index >= 15 is 0 Å². The van der Waals surface area contributed by atoms with Crippen LogP contribution < -0.4 is 14.8 Å². The molecule has 2 heterocycles. The SMILES string of the molecule is COCCCCN1C[C@@H](CNC(=O)c2cc([N+](=O)[O-])cc3c2OCCCO3)[C@H](O)C1. The van der Waals surface area contributed by atoms with E-state index in [0.29, 0.717) is 32.7 Å². The zero-order valence-electron chi connectivity index (χ0n) is 17.2. The molecule has 0 aromatic heterocycles. The van der Waals surface area contributed by atoms with E-state index in [1.54, 1.807) is 7.11 Å². The minimum atomic E-state index is -0.562. The number of carbonyl (C=O) groups is 1. The Morgan fingerprint density at radius 2 is 2.13 bits per heavy atom. The number of nitrogens with one attached hydrogen (secondary N) is 1. The highest BCUT2D eigenvalue weighted by Gasteiger charge is 2.32. The summed E-state index contributed by atoms with van der Waals surface area (Å²) in [5.41, 5.74) is -0.155. The molecule has 2 aliphatic rings. The number of hydrogen-bond donors (Lipinski definition) is 2. The largest absolute Gasteiger partial charge is 0.489 e. The molecular weight excluding hydrogens is 394 g/mol. The average Bonchev–Trinajstić information content (AvgIpc) is 2.92. The number of fused-ring (bicyclic) bond motifs is 1. The van der Waals surface area contributed by atoms with E-state index in [2.05, 4.69) is 10.2 Å². The molecule has 30 heavy (non-hydrogen) atoms. The second kappa shape index (κ2) is 10.6. The molecule has 1 amide bonds. The van der Waals surface area contributed by atoms with E-state index < -0.39 is 16.9 Å². The second-order valence-electron chi connectivity index (χ2n) is 7.63. The summed E-state index contributed by atoms with van der Waals surface area (Å²) in [6.07, 6.45) is 2.04. The van der Waals surface area contributed by atoms with Gasteiger partial charge in [-0.15, -0.1) is 0 Å². The van der Waals surface area contributed by atoms with Gasteiger partial charge in [-0.05, 0) is 19.4 Å². The number of aliphatic hydroxyl groups is 1. The Labute approximate surface area is 175 Å². The van der Waals surface area contributed by atoms with Crippen LogP contribution in [0, 0.1) is 16.0 Å². The number of aliphatic hydroxyl groups excluding tert-OH is 1. The molecule has 10 nitrogen and oxygen atoms in total. The van der Waals surface area contributed by atoms with Crippen molar-refractivity contribution in [2.45, 2.75) is 25.4 Å². The number of likely N-dealkylation sites (tertiary alicyclic amines) is 1. The second-order valence-corrected chi connectivity index (χ2v) is 7.63. The summed E-state index contributed by atoms with van der Waals surface area (Å²) < 4.78 is 16.2. The molecule has 2 N–H and O–H groups in total. The van der Waals surface area contributed by atoms with Crippen LogP contribution in [0.1, 0.15) is 29.6 Å². The van der Waals surface area contributed by atoms with Gasteiger partial charge in [-0.2, -0.15) is 0 Å². The molecule has 10 heteroatoms. The first kappa shape index (κ1) is 22.3. The van der Waals surface area contributed by atoms with E-state index in [4.69, 9.17) is 14.2 Å². The van der Waals surface area contributed by atoms with Crippen molar-refractivity contribution in [3.63, 3.8) is 0 Å². The van der Waals surface area contributed by atoms with E-state index in [0.717, 1.165) is 26.0 Å². The van der Waals surface area contributed by atoms with Gasteiger partial charge in [0.1, 0.15) is 0 Å². The van der Waals surface area contributed by atoms with Crippen molar-refractivity contribution < 1.29 is 29.0 Å². The molecule has 1 aromatic carbocycles. The summed E-state index contributed by atoms with van der Waals surface area (Å²) in [5.74, 6) is -0.158. The van der Waals surface area contributed by atoms with Crippen molar-refractivity contribution in [3.8, 4) is 11.5 Å². The average molecular weight is 423 g/mol. The summed E-state index contributed by atoms with van der Waals surface area (Å²) in [4.78, 5) is 25.7. The van der Waals surface area contributed by atoms with Crippen LogP contribution in [0.3, 0.4) is 0 Å². The number of nitro benzene ring substituents is 1. The summed E-state index contributed by atoms with van der Waals surface area (Å²) in [6, 6.07) is 2.48. The minimum absolute atomic E-state index is 0.0741. The quantitative estimate of drug-likeness (QED) is 0.345. The van der Waals surface area contributed by atoms with Crippen LogP contribution >= 0.6 is 0 Å². The predicted molar refractivity (Wildman–Crippen MR) is 108 cm³/mol. The van der Waals surface area contributed by atoms with Crippen molar-refractivity contribution in [1.82, 2.24) is 10.2 Å². The Balaban J connectivity index is 1.62. The van der Waals surface area contributed by atoms with Gasteiger partial charge in [0.2, 0.25) is 0 Å². The molecule has 2 aliphatic heterocycles. The molecule has 1 fully saturated rings. The number of unbranched alkanes of at least 4 members (excludes halogenated alkanes) is 1. The highest BCUT2D eigenvalue weighted by atomic mass is 16.6. The molecule has 3 rings (SSSR count). The molecule has 0 aliphatic carbocycles. The number of rotatable bonds is 9. The number of nitrogens with zero attached hydrogens (tertiary/aromatic N) is 2. The van der Waals surface area contributed by atoms with Gasteiger partial charge < -0.3 is 29.5 Å². The molecule has 0 saturated carbocycles. The lowest BCUT2D eigenvalue weighted by Crippen LogP contribution is -2.34. The van der Waals surface area contributed by atoms with Gasteiger partial charge in [0, 0.05) is 51.8 Å². The molecule has 0 bridgehead atoms. The highest BCUT2D eigenvalue weighted by molar-refractivity contribution is 5.98. The third-order valence-electron chi connectivity index (χ3n) is 5.37. The smallest absolute Gasteiger partial charge is 0.274 e. The summed E-state index contributed by atoms with van der Waals surface area (Å²) in [6.45, 7) is 3.84. The molecular formula is C20H29N3O7. The van der Waals surface area contributed by atoms with Crippen molar-refractivity contribution in [2.75, 3.05) is 53.1 Å². The molecule has 0 unspecified atom stereocenters. The number of amides is 1. The zero-order valence-corrected chi connectivity index (χ0v) is 17.2. The van der Waals surface area contributed by atoms with Gasteiger partial charge in [-0.3, -0.25) is 14.9 Å². The molecule has 0 radical (unpaired) electrons. The summed E-state index contributed by atoms with van der Waals surface area (Å²) >= 11 is 0. The van der Waals surface area contributed by atoms with Crippen molar-refractivity contribution in [2.24, 2.45) is 5.92 Å². The lowest BCUT2D eigenvalue weighted by Gasteiger charge is -2.17. The van der Waals surface area contributed by atoms with E-state index in [-0.39, 0.29) is 35.2 Å². The summed E-state index contributed by atoms with van der Waals surface area (Å²) in [5, 5.41) is 24.4. The van der Waals surface area contributed by atoms with Gasteiger partial charge >= 0.3 is 0 Å². The maximum absolute atomic E-state index is 12.8. The van der Waals surface area contributed by atoms with E-state index in [1.165, 1.54) is 12.1 Å². The monoisotopic (exact) mass is 423 g/mol. The number of methoxy groups -OCH3 is 1. The van der Waals surface area contributed by atoms with Crippen LogP contribution in [0.2, 0.25) is 0 Å². The predicted octanol–water partition coefficient (Wildman–Crippen LogP) is 1.21. The number of ether oxygens (including phenoxy) is 3. The fourth-order valence-corrected chi connectivity index (χ4v) is 3.76. The van der Waals surface area contributed by atoms with Crippen molar-refractivity contribution in [1.29, 1.82) is 0 Å². The van der Waals surface area contributed by atoms with Gasteiger partial charge in [-0.1, -0.05) is 0 Å². The molecule has 1 aromatic rings. The van der Waals surface area contributed by atoms with Crippen LogP contribution in [0.15, 0.2) is 12.1 Å². The standard InChI is InChI=1S/C20H29N3O7/c1-28-6-3-2-5-22-12-14(17(24)13-22)11-21-20(25)16-9-15(23(26)27)10-18-19(16)30-8-4-7-29-18/h9-10,14,17,24H,2-8,11-13H2,1H3,(H,21,25)/t14-,17-/m1/s1. The van der Waals surface area contributed by atoms with Gasteiger partial charge in [0.15, 0.2) is 11.5 Å². The summed E-state index contributed by atoms with van der Waals surface area (Å²) in [7, 11) is 1.68. The van der Waals surface area contributed by atoms with E-state index in [9.17, 15) is 20.0 Å². The number of benzene rings is 1. The fraction of sp³-hybridized carbons (Fsp3) is 0.650. The first-order valence-electron chi connectivity index (χ1n) is 10.2. The Morgan fingerprint density at radius 1 is 1.33 bits per heavy atom. The third kappa shape index (κ3) is 5.59. The van der Waals surface area contributed by atoms with Crippen LogP contribution in [0.5, 0.6) is 11.5 Å². The first-order valence-corrected chi connectivity index (χ1v) is 10.2. The lowest BCUT2D eigenvalue weighted by atomic mass is 10.1. The lowest BCUT2D eigenvalue weighted by molar-refractivity contribution is -0.385. The van der Waals surface area contributed by atoms with E-state index in [1.807, 2.05) is 0 Å². The van der Waals surface area contributed by atoms with Gasteiger partial charge in [-0.25, -0.2) is 0 Å². The number of β-amino-alcohol motifs (C(OH)–C–C–N with tert-alkyl or cyclic N) is 1. The topological polar surface area (TPSA) is 123 Å². The first-order chi connectivity index (χ1) is 14.5. The van der Waals surface area contributed by atoms with Crippen LogP contribution in [0.25, 0.3) is 0 Å².